The number of phenols is 1. The average molecular weight is 364 g/mol. The van der Waals surface area contributed by atoms with Gasteiger partial charge < -0.3 is 9.84 Å². The van der Waals surface area contributed by atoms with Crippen LogP contribution in [0.3, 0.4) is 0 Å². The predicted octanol–water partition coefficient (Wildman–Crippen LogP) is 3.36. The van der Waals surface area contributed by atoms with E-state index in [4.69, 9.17) is 4.74 Å². The van der Waals surface area contributed by atoms with Gasteiger partial charge in [-0.2, -0.15) is 0 Å². The molecule has 1 aliphatic rings. The Bertz CT molecular complexity index is 900. The second kappa shape index (κ2) is 7.80. The van der Waals surface area contributed by atoms with E-state index in [0.29, 0.717) is 11.7 Å². The first kappa shape index (κ1) is 17.5. The van der Waals surface area contributed by atoms with Crippen LogP contribution < -0.4 is 4.74 Å². The van der Waals surface area contributed by atoms with E-state index in [1.165, 1.54) is 5.56 Å². The number of piperidine rings is 1. The quantitative estimate of drug-likeness (QED) is 0.752. The zero-order chi connectivity index (χ0) is 18.6. The van der Waals surface area contributed by atoms with E-state index in [2.05, 4.69) is 21.3 Å². The molecular weight excluding hydrogens is 340 g/mol. The molecule has 0 unspecified atom stereocenters. The van der Waals surface area contributed by atoms with E-state index in [-0.39, 0.29) is 0 Å². The topological polar surface area (TPSA) is 63.4 Å². The molecule has 140 valence electrons. The SMILES string of the molecule is COc1cccc(-n2cc(CN3CCC(c4cccc(O)c4)CC3)nn2)c1. The molecule has 1 N–H and O–H groups in total. The smallest absolute Gasteiger partial charge is 0.121 e. The van der Waals surface area contributed by atoms with E-state index < -0.39 is 0 Å². The molecule has 1 aromatic heterocycles. The molecule has 0 saturated carbocycles. The number of hydrogen-bond donors (Lipinski definition) is 1. The lowest BCUT2D eigenvalue weighted by Crippen LogP contribution is -2.32. The van der Waals surface area contributed by atoms with Gasteiger partial charge in [0, 0.05) is 12.6 Å². The molecule has 0 atom stereocenters. The van der Waals surface area contributed by atoms with Crippen molar-refractivity contribution < 1.29 is 9.84 Å². The molecule has 1 aliphatic heterocycles. The number of rotatable bonds is 5. The number of nitrogens with zero attached hydrogens (tertiary/aromatic N) is 4. The second-order valence-electron chi connectivity index (χ2n) is 7.00. The van der Waals surface area contributed by atoms with Crippen molar-refractivity contribution in [1.82, 2.24) is 19.9 Å². The highest BCUT2D eigenvalue weighted by molar-refractivity contribution is 5.38. The number of benzene rings is 2. The summed E-state index contributed by atoms with van der Waals surface area (Å²) in [7, 11) is 1.66. The molecule has 0 aliphatic carbocycles. The van der Waals surface area contributed by atoms with Crippen molar-refractivity contribution in [3.63, 3.8) is 0 Å². The Kier molecular flexibility index (Phi) is 5.07. The number of ether oxygens (including phenoxy) is 1. The molecule has 2 heterocycles. The minimum Gasteiger partial charge on any atom is -0.508 e. The molecule has 2 aromatic carbocycles. The Labute approximate surface area is 159 Å². The lowest BCUT2D eigenvalue weighted by molar-refractivity contribution is 0.202. The fourth-order valence-electron chi connectivity index (χ4n) is 3.68. The summed E-state index contributed by atoms with van der Waals surface area (Å²) in [4.78, 5) is 2.42. The molecule has 1 fully saturated rings. The summed E-state index contributed by atoms with van der Waals surface area (Å²) in [6.07, 6.45) is 4.16. The summed E-state index contributed by atoms with van der Waals surface area (Å²) in [6.45, 7) is 2.84. The van der Waals surface area contributed by atoms with Gasteiger partial charge in [0.1, 0.15) is 11.5 Å². The van der Waals surface area contributed by atoms with Crippen molar-refractivity contribution in [3.8, 4) is 17.2 Å². The molecule has 3 aromatic rings. The predicted molar refractivity (Wildman–Crippen MR) is 103 cm³/mol. The number of likely N-dealkylation sites (tertiary alicyclic amines) is 1. The van der Waals surface area contributed by atoms with Gasteiger partial charge in [-0.25, -0.2) is 4.68 Å². The average Bonchev–Trinajstić information content (AvgIpc) is 3.17. The third-order valence-corrected chi connectivity index (χ3v) is 5.17. The summed E-state index contributed by atoms with van der Waals surface area (Å²) in [5, 5.41) is 18.3. The largest absolute Gasteiger partial charge is 0.508 e. The summed E-state index contributed by atoms with van der Waals surface area (Å²) in [6, 6.07) is 15.4. The molecule has 1 saturated heterocycles. The van der Waals surface area contributed by atoms with Gasteiger partial charge in [-0.1, -0.05) is 23.4 Å². The van der Waals surface area contributed by atoms with Crippen molar-refractivity contribution in [1.29, 1.82) is 0 Å². The zero-order valence-corrected chi connectivity index (χ0v) is 15.5. The molecule has 6 nitrogen and oxygen atoms in total. The van der Waals surface area contributed by atoms with Gasteiger partial charge in [0.25, 0.3) is 0 Å². The van der Waals surface area contributed by atoms with E-state index in [9.17, 15) is 5.11 Å². The van der Waals surface area contributed by atoms with Gasteiger partial charge >= 0.3 is 0 Å². The minimum atomic E-state index is 0.351. The Morgan fingerprint density at radius 2 is 1.93 bits per heavy atom. The van der Waals surface area contributed by atoms with Crippen LogP contribution in [-0.4, -0.2) is 45.2 Å². The third kappa shape index (κ3) is 4.11. The fraction of sp³-hybridized carbons (Fsp3) is 0.333. The summed E-state index contributed by atoms with van der Waals surface area (Å²) in [5.41, 5.74) is 3.14. The Morgan fingerprint density at radius 1 is 1.11 bits per heavy atom. The first-order chi connectivity index (χ1) is 13.2. The monoisotopic (exact) mass is 364 g/mol. The van der Waals surface area contributed by atoms with Gasteiger partial charge in [0.15, 0.2) is 0 Å². The van der Waals surface area contributed by atoms with Crippen LogP contribution in [0.1, 0.15) is 30.0 Å². The Hall–Kier alpha value is -2.86. The van der Waals surface area contributed by atoms with Crippen molar-refractivity contribution in [2.24, 2.45) is 0 Å². The van der Waals surface area contributed by atoms with Crippen molar-refractivity contribution in [3.05, 3.63) is 66.0 Å². The zero-order valence-electron chi connectivity index (χ0n) is 15.5. The maximum Gasteiger partial charge on any atom is 0.121 e. The molecule has 27 heavy (non-hydrogen) atoms. The second-order valence-corrected chi connectivity index (χ2v) is 7.00. The van der Waals surface area contributed by atoms with E-state index >= 15 is 0 Å². The van der Waals surface area contributed by atoms with Crippen LogP contribution in [-0.2, 0) is 6.54 Å². The number of phenolic OH excluding ortho intramolecular Hbond substituents is 1. The number of hydrogen-bond acceptors (Lipinski definition) is 5. The number of aromatic hydroxyl groups is 1. The highest BCUT2D eigenvalue weighted by atomic mass is 16.5. The Balaban J connectivity index is 1.36. The van der Waals surface area contributed by atoms with Crippen LogP contribution in [0.4, 0.5) is 0 Å². The molecular formula is C21H24N4O2. The highest BCUT2D eigenvalue weighted by Crippen LogP contribution is 2.30. The van der Waals surface area contributed by atoms with Gasteiger partial charge in [-0.05, 0) is 61.7 Å². The molecule has 0 radical (unpaired) electrons. The van der Waals surface area contributed by atoms with Crippen LogP contribution in [0.2, 0.25) is 0 Å². The highest BCUT2D eigenvalue weighted by Gasteiger charge is 2.21. The van der Waals surface area contributed by atoms with E-state index in [1.807, 2.05) is 42.6 Å². The van der Waals surface area contributed by atoms with Gasteiger partial charge in [0.2, 0.25) is 0 Å². The van der Waals surface area contributed by atoms with E-state index in [0.717, 1.165) is 49.6 Å². The molecule has 0 amide bonds. The maximum atomic E-state index is 9.68. The first-order valence-electron chi connectivity index (χ1n) is 9.28. The molecule has 0 bridgehead atoms. The van der Waals surface area contributed by atoms with E-state index in [1.54, 1.807) is 17.9 Å². The third-order valence-electron chi connectivity index (χ3n) is 5.17. The van der Waals surface area contributed by atoms with Gasteiger partial charge in [0.05, 0.1) is 24.7 Å². The standard InChI is InChI=1S/C21H24N4O2/c1-27-21-7-3-5-19(13-21)25-15-18(22-23-25)14-24-10-8-16(9-11-24)17-4-2-6-20(26)12-17/h2-7,12-13,15-16,26H,8-11,14H2,1H3. The molecule has 4 rings (SSSR count). The molecule has 0 spiro atoms. The van der Waals surface area contributed by atoms with Crippen LogP contribution in [0.25, 0.3) is 5.69 Å². The fourth-order valence-corrected chi connectivity index (χ4v) is 3.68. The first-order valence-corrected chi connectivity index (χ1v) is 9.28. The minimum absolute atomic E-state index is 0.351. The lowest BCUT2D eigenvalue weighted by Gasteiger charge is -2.31. The van der Waals surface area contributed by atoms with Crippen molar-refractivity contribution in [2.45, 2.75) is 25.3 Å². The summed E-state index contributed by atoms with van der Waals surface area (Å²) in [5.74, 6) is 1.67. The summed E-state index contributed by atoms with van der Waals surface area (Å²) < 4.78 is 7.06. The normalized spacial score (nSPS) is 15.7. The van der Waals surface area contributed by atoms with Crippen LogP contribution in [0.5, 0.6) is 11.5 Å². The number of methoxy groups -OCH3 is 1. The van der Waals surface area contributed by atoms with Crippen LogP contribution >= 0.6 is 0 Å². The van der Waals surface area contributed by atoms with Crippen molar-refractivity contribution in [2.75, 3.05) is 20.2 Å². The maximum absolute atomic E-state index is 9.68. The summed E-state index contributed by atoms with van der Waals surface area (Å²) >= 11 is 0. The van der Waals surface area contributed by atoms with Crippen LogP contribution in [0, 0.1) is 0 Å². The molecule has 6 heteroatoms. The van der Waals surface area contributed by atoms with Gasteiger partial charge in [-0.3, -0.25) is 4.90 Å². The van der Waals surface area contributed by atoms with Crippen molar-refractivity contribution >= 4 is 0 Å². The number of aromatic nitrogens is 3. The Morgan fingerprint density at radius 3 is 2.70 bits per heavy atom. The lowest BCUT2D eigenvalue weighted by atomic mass is 9.89. The van der Waals surface area contributed by atoms with Gasteiger partial charge in [-0.15, -0.1) is 5.10 Å². The van der Waals surface area contributed by atoms with Crippen LogP contribution in [0.15, 0.2) is 54.7 Å².